The minimum absolute atomic E-state index is 0.0885. The Kier molecular flexibility index (Phi) is 4.42. The van der Waals surface area contributed by atoms with Gasteiger partial charge >= 0.3 is 0 Å². The zero-order valence-electron chi connectivity index (χ0n) is 15.4. The number of nitrogens with zero attached hydrogens (tertiary/aromatic N) is 4. The molecule has 29 heavy (non-hydrogen) atoms. The number of benzene rings is 1. The fourth-order valence-corrected chi connectivity index (χ4v) is 5.95. The van der Waals surface area contributed by atoms with Crippen molar-refractivity contribution in [3.05, 3.63) is 62.2 Å². The van der Waals surface area contributed by atoms with Gasteiger partial charge in [-0.25, -0.2) is 9.97 Å². The summed E-state index contributed by atoms with van der Waals surface area (Å²) in [5, 5.41) is 21.4. The number of fused-ring (bicyclic) bond motifs is 4. The summed E-state index contributed by atoms with van der Waals surface area (Å²) in [4.78, 5) is 24.0. The van der Waals surface area contributed by atoms with Crippen LogP contribution in [0.5, 0.6) is 0 Å². The lowest BCUT2D eigenvalue weighted by molar-refractivity contribution is 0.376. The molecule has 1 aromatic carbocycles. The van der Waals surface area contributed by atoms with Crippen LogP contribution in [0.4, 0.5) is 0 Å². The molecule has 0 fully saturated rings. The molecule has 0 unspecified atom stereocenters. The first-order valence-electron chi connectivity index (χ1n) is 9.33. The molecule has 0 saturated carbocycles. The van der Waals surface area contributed by atoms with Gasteiger partial charge in [-0.3, -0.25) is 9.36 Å². The average molecular weight is 421 g/mol. The second kappa shape index (κ2) is 7.10. The molecule has 0 spiro atoms. The minimum atomic E-state index is -0.182. The highest BCUT2D eigenvalue weighted by Gasteiger charge is 2.21. The maximum Gasteiger partial charge on any atom is 0.262 e. The fourth-order valence-electron chi connectivity index (χ4n) is 3.75. The van der Waals surface area contributed by atoms with Crippen molar-refractivity contribution in [2.75, 3.05) is 0 Å². The number of aryl methyl sites for hydroxylation is 2. The van der Waals surface area contributed by atoms with Crippen molar-refractivity contribution in [3.63, 3.8) is 0 Å². The zero-order chi connectivity index (χ0) is 20.0. The quantitative estimate of drug-likeness (QED) is 0.391. The highest BCUT2D eigenvalue weighted by Crippen LogP contribution is 2.33. The first kappa shape index (κ1) is 18.0. The Labute approximate surface area is 174 Å². The Bertz CT molecular complexity index is 1350. The molecule has 1 aliphatic carbocycles. The number of hydrogen-bond acceptors (Lipinski definition) is 7. The van der Waals surface area contributed by atoms with Gasteiger partial charge in [-0.2, -0.15) is 5.26 Å². The molecule has 8 heteroatoms. The van der Waals surface area contributed by atoms with E-state index in [0.717, 1.165) is 46.3 Å². The highest BCUT2D eigenvalue weighted by atomic mass is 32.1. The Morgan fingerprint density at radius 1 is 1.24 bits per heavy atom. The van der Waals surface area contributed by atoms with Crippen LogP contribution in [0.1, 0.15) is 28.3 Å². The Morgan fingerprint density at radius 3 is 2.90 bits per heavy atom. The summed E-state index contributed by atoms with van der Waals surface area (Å²) >= 11 is 2.93. The van der Waals surface area contributed by atoms with E-state index in [2.05, 4.69) is 9.97 Å². The molecular formula is C21H16N4O2S2. The van der Waals surface area contributed by atoms with Crippen molar-refractivity contribution < 1.29 is 5.11 Å². The van der Waals surface area contributed by atoms with Crippen molar-refractivity contribution in [1.29, 1.82) is 5.26 Å². The van der Waals surface area contributed by atoms with Crippen molar-refractivity contribution in [2.45, 2.75) is 32.2 Å². The van der Waals surface area contributed by atoms with E-state index in [1.54, 1.807) is 11.3 Å². The van der Waals surface area contributed by atoms with Gasteiger partial charge in [0, 0.05) is 4.88 Å². The Morgan fingerprint density at radius 2 is 2.07 bits per heavy atom. The molecule has 3 aromatic heterocycles. The van der Waals surface area contributed by atoms with Gasteiger partial charge in [0.15, 0.2) is 0 Å². The first-order chi connectivity index (χ1) is 14.2. The van der Waals surface area contributed by atoms with Crippen LogP contribution in [0.2, 0.25) is 0 Å². The number of thiophene rings is 1. The van der Waals surface area contributed by atoms with E-state index >= 15 is 0 Å². The second-order valence-electron chi connectivity index (χ2n) is 6.99. The molecule has 0 aliphatic heterocycles. The number of hydrogen-bond donors (Lipinski definition) is 1. The third kappa shape index (κ3) is 3.03. The van der Waals surface area contributed by atoms with Crippen LogP contribution >= 0.6 is 22.7 Å². The van der Waals surface area contributed by atoms with Gasteiger partial charge in [0.25, 0.3) is 5.56 Å². The number of nitriles is 1. The van der Waals surface area contributed by atoms with Crippen molar-refractivity contribution in [3.8, 4) is 6.07 Å². The van der Waals surface area contributed by atoms with Gasteiger partial charge in [0.2, 0.25) is 0 Å². The summed E-state index contributed by atoms with van der Waals surface area (Å²) in [5.41, 5.74) is 1.81. The molecule has 144 valence electrons. The van der Waals surface area contributed by atoms with Gasteiger partial charge in [-0.05, 0) is 43.4 Å². The Balaban J connectivity index is 1.57. The van der Waals surface area contributed by atoms with Gasteiger partial charge in [0.05, 0.1) is 28.5 Å². The van der Waals surface area contributed by atoms with E-state index in [1.165, 1.54) is 27.1 Å². The molecule has 3 heterocycles. The lowest BCUT2D eigenvalue weighted by Gasteiger charge is -2.10. The number of rotatable bonds is 3. The van der Waals surface area contributed by atoms with Crippen molar-refractivity contribution in [2.24, 2.45) is 0 Å². The third-order valence-electron chi connectivity index (χ3n) is 5.17. The van der Waals surface area contributed by atoms with Crippen molar-refractivity contribution >= 4 is 48.7 Å². The highest BCUT2D eigenvalue weighted by molar-refractivity contribution is 7.19. The summed E-state index contributed by atoms with van der Waals surface area (Å²) in [6.45, 7) is -0.106. The zero-order valence-corrected chi connectivity index (χ0v) is 17.0. The summed E-state index contributed by atoms with van der Waals surface area (Å²) in [7, 11) is 0. The number of aliphatic hydroxyl groups is 1. The average Bonchev–Trinajstić information content (AvgIpc) is 3.32. The molecule has 0 saturated heterocycles. The van der Waals surface area contributed by atoms with Crippen LogP contribution in [-0.2, 0) is 19.4 Å². The summed E-state index contributed by atoms with van der Waals surface area (Å²) < 4.78 is 2.32. The fraction of sp³-hybridized carbons (Fsp3) is 0.238. The molecule has 6 nitrogen and oxygen atoms in total. The smallest absolute Gasteiger partial charge is 0.262 e. The molecule has 0 atom stereocenters. The summed E-state index contributed by atoms with van der Waals surface area (Å²) in [5.74, 6) is -0.182. The van der Waals surface area contributed by atoms with Gasteiger partial charge in [0.1, 0.15) is 27.2 Å². The standard InChI is InChI=1S/C21H16N4O2S2/c22-9-13(19-24-14-6-2-4-8-17(14)29-19)15(26)10-25-11-23-20-18(21(25)27)12-5-1-3-7-16(12)28-20/h2,4,6,8,11,26H,1,3,5,7,10H2/b15-13-. The topological polar surface area (TPSA) is 91.8 Å². The van der Waals surface area contributed by atoms with Crippen LogP contribution in [0.15, 0.2) is 41.1 Å². The molecule has 1 aliphatic rings. The largest absolute Gasteiger partial charge is 0.509 e. The third-order valence-corrected chi connectivity index (χ3v) is 7.42. The molecule has 0 radical (unpaired) electrons. The predicted molar refractivity (Wildman–Crippen MR) is 115 cm³/mol. The van der Waals surface area contributed by atoms with Crippen LogP contribution in [0.3, 0.4) is 0 Å². The van der Waals surface area contributed by atoms with E-state index in [0.29, 0.717) is 10.4 Å². The van der Waals surface area contributed by atoms with E-state index < -0.39 is 0 Å². The second-order valence-corrected chi connectivity index (χ2v) is 9.10. The number of para-hydroxylation sites is 1. The summed E-state index contributed by atoms with van der Waals surface area (Å²) in [6.07, 6.45) is 5.57. The van der Waals surface area contributed by atoms with E-state index in [4.69, 9.17) is 0 Å². The molecule has 0 bridgehead atoms. The number of allylic oxidation sites excluding steroid dienone is 2. The molecule has 0 amide bonds. The number of aliphatic hydroxyl groups excluding tert-OH is 1. The molecular weight excluding hydrogens is 404 g/mol. The number of aromatic nitrogens is 3. The summed E-state index contributed by atoms with van der Waals surface area (Å²) in [6, 6.07) is 9.61. The van der Waals surface area contributed by atoms with E-state index in [1.807, 2.05) is 30.3 Å². The predicted octanol–water partition coefficient (Wildman–Crippen LogP) is 4.44. The van der Waals surface area contributed by atoms with Crippen LogP contribution in [0.25, 0.3) is 26.0 Å². The lowest BCUT2D eigenvalue weighted by atomic mass is 9.97. The number of thiazole rings is 1. The molecule has 5 rings (SSSR count). The first-order valence-corrected chi connectivity index (χ1v) is 11.0. The SMILES string of the molecule is N#C/C(=C(/O)Cn1cnc2sc3c(c2c1=O)CCCC3)c1nc2ccccc2s1. The van der Waals surface area contributed by atoms with Gasteiger partial charge in [-0.15, -0.1) is 22.7 Å². The van der Waals surface area contributed by atoms with E-state index in [9.17, 15) is 15.2 Å². The molecule has 4 aromatic rings. The van der Waals surface area contributed by atoms with E-state index in [-0.39, 0.29) is 23.4 Å². The van der Waals surface area contributed by atoms with Crippen LogP contribution < -0.4 is 5.56 Å². The lowest BCUT2D eigenvalue weighted by Crippen LogP contribution is -2.22. The minimum Gasteiger partial charge on any atom is -0.509 e. The van der Waals surface area contributed by atoms with Crippen molar-refractivity contribution in [1.82, 2.24) is 14.5 Å². The monoisotopic (exact) mass is 420 g/mol. The van der Waals surface area contributed by atoms with Crippen LogP contribution in [0, 0.1) is 11.3 Å². The van der Waals surface area contributed by atoms with Crippen LogP contribution in [-0.4, -0.2) is 19.6 Å². The molecule has 1 N–H and O–H groups in total. The van der Waals surface area contributed by atoms with Gasteiger partial charge in [-0.1, -0.05) is 12.1 Å². The maximum absolute atomic E-state index is 13.1. The van der Waals surface area contributed by atoms with Gasteiger partial charge < -0.3 is 5.11 Å². The maximum atomic E-state index is 13.1. The normalized spacial score (nSPS) is 14.6. The Hall–Kier alpha value is -3.02.